The molecule has 2 atom stereocenters. The Hall–Kier alpha value is -4.24. The van der Waals surface area contributed by atoms with Crippen molar-refractivity contribution in [3.8, 4) is 17.2 Å². The van der Waals surface area contributed by atoms with Crippen LogP contribution in [-0.4, -0.2) is 56.2 Å². The predicted molar refractivity (Wildman–Crippen MR) is 140 cm³/mol. The van der Waals surface area contributed by atoms with E-state index in [1.165, 1.54) is 6.33 Å². The lowest BCUT2D eigenvalue weighted by atomic mass is 10.1. The third-order valence-electron chi connectivity index (χ3n) is 6.30. The maximum Gasteiger partial charge on any atom is 0.263 e. The van der Waals surface area contributed by atoms with Gasteiger partial charge in [-0.25, -0.2) is 9.97 Å². The number of pyridine rings is 1. The number of likely N-dealkylation sites (tertiary alicyclic amines) is 1. The normalized spacial score (nSPS) is 16.0. The minimum atomic E-state index is -0.723. The molecule has 3 heterocycles. The fraction of sp³-hybridized carbons (Fsp3) is 0.286. The smallest absolute Gasteiger partial charge is 0.263 e. The number of rotatable bonds is 7. The molecule has 9 nitrogen and oxygen atoms in total. The van der Waals surface area contributed by atoms with E-state index in [9.17, 15) is 9.90 Å². The Bertz CT molecular complexity index is 1420. The minimum absolute atomic E-state index is 0.157. The second-order valence-corrected chi connectivity index (χ2v) is 9.20. The molecule has 0 bridgehead atoms. The van der Waals surface area contributed by atoms with E-state index in [0.29, 0.717) is 47.7 Å². The number of carbonyl (C=O) groups excluding carboxylic acids is 1. The Morgan fingerprint density at radius 3 is 2.70 bits per heavy atom. The number of aliphatic hydroxyl groups is 1. The van der Waals surface area contributed by atoms with E-state index < -0.39 is 12.2 Å². The first kappa shape index (κ1) is 24.5. The second-order valence-electron chi connectivity index (χ2n) is 9.20. The van der Waals surface area contributed by atoms with Gasteiger partial charge in [-0.05, 0) is 75.2 Å². The van der Waals surface area contributed by atoms with Crippen LogP contribution in [0.1, 0.15) is 24.6 Å². The summed E-state index contributed by atoms with van der Waals surface area (Å²) in [5.41, 5.74) is 3.37. The largest absolute Gasteiger partial charge is 0.480 e. The molecule has 0 spiro atoms. The molecule has 1 aliphatic rings. The van der Waals surface area contributed by atoms with Crippen molar-refractivity contribution in [3.05, 3.63) is 72.3 Å². The number of aromatic nitrogens is 3. The Morgan fingerprint density at radius 1 is 1.11 bits per heavy atom. The zero-order valence-corrected chi connectivity index (χ0v) is 21.0. The number of hydrogen-bond acceptors (Lipinski definition) is 8. The summed E-state index contributed by atoms with van der Waals surface area (Å²) in [6.45, 7) is 6.47. The molecular formula is C28H29N5O4. The van der Waals surface area contributed by atoms with Crippen LogP contribution in [-0.2, 0) is 4.79 Å². The highest BCUT2D eigenvalue weighted by molar-refractivity contribution is 5.96. The number of fused-ring (bicyclic) bond motifs is 1. The molecule has 1 fully saturated rings. The topological polar surface area (TPSA) is 110 Å². The van der Waals surface area contributed by atoms with Gasteiger partial charge in [-0.1, -0.05) is 6.07 Å². The quantitative estimate of drug-likeness (QED) is 0.382. The molecule has 0 unspecified atom stereocenters. The molecule has 1 aliphatic heterocycles. The van der Waals surface area contributed by atoms with Crippen LogP contribution in [0, 0.1) is 13.8 Å². The highest BCUT2D eigenvalue weighted by Gasteiger charge is 2.29. The zero-order valence-electron chi connectivity index (χ0n) is 21.0. The maximum absolute atomic E-state index is 12.9. The second kappa shape index (κ2) is 10.4. The van der Waals surface area contributed by atoms with Crippen LogP contribution in [0.4, 0.5) is 11.5 Å². The SMILES string of the molecule is Cc1ccc(Oc2ccc(Nc3ncnc4cccc(O[C@@H](C)C(=O)N5CC[C@H](O)C5)c34)cc2C)cn1. The van der Waals surface area contributed by atoms with E-state index in [0.717, 1.165) is 22.7 Å². The summed E-state index contributed by atoms with van der Waals surface area (Å²) in [4.78, 5) is 27.6. The first-order valence-electron chi connectivity index (χ1n) is 12.2. The monoisotopic (exact) mass is 499 g/mol. The maximum atomic E-state index is 12.9. The average Bonchev–Trinajstić information content (AvgIpc) is 3.33. The number of amides is 1. The number of nitrogens with zero attached hydrogens (tertiary/aromatic N) is 4. The number of aliphatic hydroxyl groups excluding tert-OH is 1. The fourth-order valence-electron chi connectivity index (χ4n) is 4.33. The number of ether oxygens (including phenoxy) is 2. The van der Waals surface area contributed by atoms with Gasteiger partial charge in [-0.3, -0.25) is 9.78 Å². The predicted octanol–water partition coefficient (Wildman–Crippen LogP) is 4.54. The minimum Gasteiger partial charge on any atom is -0.480 e. The van der Waals surface area contributed by atoms with Gasteiger partial charge in [-0.2, -0.15) is 0 Å². The van der Waals surface area contributed by atoms with Gasteiger partial charge in [0.25, 0.3) is 5.91 Å². The van der Waals surface area contributed by atoms with Gasteiger partial charge in [0, 0.05) is 24.5 Å². The number of β-amino-alcohol motifs (C(OH)–C–C–N with tert-alkyl or cyclic N) is 1. The van der Waals surface area contributed by atoms with E-state index in [-0.39, 0.29) is 5.91 Å². The van der Waals surface area contributed by atoms with Crippen LogP contribution in [0.25, 0.3) is 10.9 Å². The summed E-state index contributed by atoms with van der Waals surface area (Å²) in [7, 11) is 0. The summed E-state index contributed by atoms with van der Waals surface area (Å²) in [5.74, 6) is 2.31. The zero-order chi connectivity index (χ0) is 25.9. The molecule has 5 rings (SSSR count). The van der Waals surface area contributed by atoms with E-state index >= 15 is 0 Å². The van der Waals surface area contributed by atoms with Gasteiger partial charge >= 0.3 is 0 Å². The van der Waals surface area contributed by atoms with Crippen LogP contribution < -0.4 is 14.8 Å². The molecule has 0 aliphatic carbocycles. The van der Waals surface area contributed by atoms with Crippen molar-refractivity contribution in [2.24, 2.45) is 0 Å². The lowest BCUT2D eigenvalue weighted by Crippen LogP contribution is -2.39. The number of hydrogen-bond donors (Lipinski definition) is 2. The Labute approximate surface area is 215 Å². The van der Waals surface area contributed by atoms with Gasteiger partial charge in [0.05, 0.1) is 23.2 Å². The molecule has 37 heavy (non-hydrogen) atoms. The Balaban J connectivity index is 1.37. The summed E-state index contributed by atoms with van der Waals surface area (Å²) < 4.78 is 12.1. The van der Waals surface area contributed by atoms with Gasteiger partial charge in [-0.15, -0.1) is 0 Å². The van der Waals surface area contributed by atoms with Gasteiger partial charge in [0.1, 0.15) is 29.4 Å². The molecule has 1 saturated heterocycles. The Kier molecular flexibility index (Phi) is 6.87. The van der Waals surface area contributed by atoms with Crippen molar-refractivity contribution in [1.29, 1.82) is 0 Å². The molecule has 1 amide bonds. The standard InChI is InChI=1S/C28H29N5O4/c1-17-13-20(8-10-24(17)37-22-9-7-18(2)29-14-22)32-27-26-23(30-16-31-27)5-4-6-25(26)36-19(3)28(35)33-12-11-21(34)15-33/h4-10,13-14,16,19,21,34H,11-12,15H2,1-3H3,(H,30,31,32)/t19-,21-/m0/s1. The van der Waals surface area contributed by atoms with Crippen LogP contribution in [0.2, 0.25) is 0 Å². The number of nitrogens with one attached hydrogen (secondary N) is 1. The summed E-state index contributed by atoms with van der Waals surface area (Å²) in [6.07, 6.45) is 2.57. The van der Waals surface area contributed by atoms with Crippen molar-refractivity contribution in [2.75, 3.05) is 18.4 Å². The van der Waals surface area contributed by atoms with E-state index in [4.69, 9.17) is 9.47 Å². The average molecular weight is 500 g/mol. The van der Waals surface area contributed by atoms with Crippen molar-refractivity contribution in [3.63, 3.8) is 0 Å². The summed E-state index contributed by atoms with van der Waals surface area (Å²) in [5, 5.41) is 13.8. The number of benzene rings is 2. The first-order chi connectivity index (χ1) is 17.9. The van der Waals surface area contributed by atoms with Crippen LogP contribution >= 0.6 is 0 Å². The molecule has 0 saturated carbocycles. The molecule has 2 aromatic carbocycles. The molecule has 2 N–H and O–H groups in total. The van der Waals surface area contributed by atoms with Crippen LogP contribution in [0.3, 0.4) is 0 Å². The summed E-state index contributed by atoms with van der Waals surface area (Å²) >= 11 is 0. The van der Waals surface area contributed by atoms with Gasteiger partial charge in [0.15, 0.2) is 6.10 Å². The highest BCUT2D eigenvalue weighted by atomic mass is 16.5. The van der Waals surface area contributed by atoms with E-state index in [2.05, 4.69) is 20.3 Å². The lowest BCUT2D eigenvalue weighted by molar-refractivity contribution is -0.137. The van der Waals surface area contributed by atoms with Crippen LogP contribution in [0.15, 0.2) is 61.1 Å². The third-order valence-corrected chi connectivity index (χ3v) is 6.30. The molecule has 190 valence electrons. The van der Waals surface area contributed by atoms with E-state index in [1.807, 2.05) is 56.3 Å². The molecule has 2 aromatic heterocycles. The fourth-order valence-corrected chi connectivity index (χ4v) is 4.33. The first-order valence-corrected chi connectivity index (χ1v) is 12.2. The highest BCUT2D eigenvalue weighted by Crippen LogP contribution is 2.34. The van der Waals surface area contributed by atoms with Crippen molar-refractivity contribution >= 4 is 28.3 Å². The number of aryl methyl sites for hydroxylation is 2. The van der Waals surface area contributed by atoms with Crippen molar-refractivity contribution in [1.82, 2.24) is 19.9 Å². The lowest BCUT2D eigenvalue weighted by Gasteiger charge is -2.22. The molecule has 0 radical (unpaired) electrons. The number of carbonyl (C=O) groups is 1. The van der Waals surface area contributed by atoms with Gasteiger partial charge in [0.2, 0.25) is 0 Å². The molecule has 4 aromatic rings. The third kappa shape index (κ3) is 5.46. The molecular weight excluding hydrogens is 470 g/mol. The Morgan fingerprint density at radius 2 is 1.97 bits per heavy atom. The van der Waals surface area contributed by atoms with Crippen LogP contribution in [0.5, 0.6) is 17.2 Å². The van der Waals surface area contributed by atoms with Crippen molar-refractivity contribution < 1.29 is 19.4 Å². The summed E-state index contributed by atoms with van der Waals surface area (Å²) in [6, 6.07) is 15.1. The van der Waals surface area contributed by atoms with Crippen molar-refractivity contribution in [2.45, 2.75) is 39.4 Å². The number of anilines is 2. The van der Waals surface area contributed by atoms with E-state index in [1.54, 1.807) is 24.1 Å². The van der Waals surface area contributed by atoms with Gasteiger partial charge < -0.3 is 24.8 Å². The molecule has 9 heteroatoms.